The number of sulfonamides is 1. The minimum absolute atomic E-state index is 0.0128. The van der Waals surface area contributed by atoms with Gasteiger partial charge in [0.05, 0.1) is 17.0 Å². The summed E-state index contributed by atoms with van der Waals surface area (Å²) < 4.78 is 26.2. The largest absolute Gasteiger partial charge is 0.326 e. The summed E-state index contributed by atoms with van der Waals surface area (Å²) >= 11 is 0. The lowest BCUT2D eigenvalue weighted by Gasteiger charge is -2.17. The molecule has 2 aromatic rings. The second-order valence-corrected chi connectivity index (χ2v) is 8.65. The Balaban J connectivity index is 2.03. The zero-order valence-corrected chi connectivity index (χ0v) is 17.2. The fourth-order valence-corrected chi connectivity index (χ4v) is 3.63. The maximum absolute atomic E-state index is 12.7. The highest BCUT2D eigenvalue weighted by Crippen LogP contribution is 2.19. The number of hydrogen-bond acceptors (Lipinski definition) is 5. The third kappa shape index (κ3) is 5.63. The Kier molecular flexibility index (Phi) is 7.09. The van der Waals surface area contributed by atoms with E-state index in [2.05, 4.69) is 10.6 Å². The third-order valence-electron chi connectivity index (χ3n) is 4.02. The second kappa shape index (κ2) is 9.32. The van der Waals surface area contributed by atoms with Gasteiger partial charge in [0.15, 0.2) is 0 Å². The van der Waals surface area contributed by atoms with E-state index in [1.807, 2.05) is 6.07 Å². The van der Waals surface area contributed by atoms with E-state index in [1.54, 1.807) is 44.2 Å². The number of anilines is 2. The zero-order chi connectivity index (χ0) is 21.6. The van der Waals surface area contributed by atoms with Crippen molar-refractivity contribution in [1.29, 1.82) is 5.26 Å². The normalized spacial score (nSPS) is 11.2. The third-order valence-corrected chi connectivity index (χ3v) is 5.88. The van der Waals surface area contributed by atoms with Crippen molar-refractivity contribution in [3.05, 3.63) is 54.1 Å². The van der Waals surface area contributed by atoms with E-state index in [9.17, 15) is 18.0 Å². The molecule has 2 N–H and O–H groups in total. The SMILES string of the molecule is CC(C)C(=O)Nc1ccc(NC(=O)CN(C)S(=O)(=O)c2ccccc2C#N)cc1. The Morgan fingerprint density at radius 2 is 1.59 bits per heavy atom. The van der Waals surface area contributed by atoms with Gasteiger partial charge in [-0.3, -0.25) is 9.59 Å². The molecule has 0 fully saturated rings. The molecule has 0 heterocycles. The number of nitrogens with one attached hydrogen (secondary N) is 2. The molecule has 2 amide bonds. The molecule has 2 aromatic carbocycles. The molecule has 0 aromatic heterocycles. The summed E-state index contributed by atoms with van der Waals surface area (Å²) in [6.07, 6.45) is 0. The summed E-state index contributed by atoms with van der Waals surface area (Å²) in [5.41, 5.74) is 1.06. The summed E-state index contributed by atoms with van der Waals surface area (Å²) in [5.74, 6) is -0.811. The molecule has 0 spiro atoms. The van der Waals surface area contributed by atoms with Crippen LogP contribution in [-0.4, -0.2) is 38.1 Å². The summed E-state index contributed by atoms with van der Waals surface area (Å²) in [4.78, 5) is 23.8. The molecule has 152 valence electrons. The standard InChI is InChI=1S/C20H22N4O4S/c1-14(2)20(26)23-17-10-8-16(9-11-17)22-19(25)13-24(3)29(27,28)18-7-5-4-6-15(18)12-21/h4-11,14H,13H2,1-3H3,(H,22,25)(H,23,26). The van der Waals surface area contributed by atoms with Gasteiger partial charge in [0.1, 0.15) is 6.07 Å². The van der Waals surface area contributed by atoms with E-state index in [0.29, 0.717) is 11.4 Å². The molecule has 8 nitrogen and oxygen atoms in total. The average molecular weight is 414 g/mol. The molecule has 0 aliphatic heterocycles. The van der Waals surface area contributed by atoms with Crippen molar-refractivity contribution in [2.75, 3.05) is 24.2 Å². The van der Waals surface area contributed by atoms with Crippen molar-refractivity contribution in [2.24, 2.45) is 5.92 Å². The van der Waals surface area contributed by atoms with E-state index in [1.165, 1.54) is 25.2 Å². The molecule has 0 aliphatic carbocycles. The highest BCUT2D eigenvalue weighted by molar-refractivity contribution is 7.89. The van der Waals surface area contributed by atoms with Crippen LogP contribution in [-0.2, 0) is 19.6 Å². The smallest absolute Gasteiger partial charge is 0.244 e. The number of nitriles is 1. The Bertz CT molecular complexity index is 1040. The van der Waals surface area contributed by atoms with E-state index in [4.69, 9.17) is 5.26 Å². The van der Waals surface area contributed by atoms with Gasteiger partial charge in [0.25, 0.3) is 0 Å². The second-order valence-electron chi connectivity index (χ2n) is 6.64. The van der Waals surface area contributed by atoms with Gasteiger partial charge in [-0.15, -0.1) is 0 Å². The summed E-state index contributed by atoms with van der Waals surface area (Å²) in [7, 11) is -2.72. The first-order chi connectivity index (χ1) is 13.6. The van der Waals surface area contributed by atoms with Crippen LogP contribution in [0.15, 0.2) is 53.4 Å². The predicted octanol–water partition coefficient (Wildman–Crippen LogP) is 2.41. The van der Waals surface area contributed by atoms with Crippen molar-refractivity contribution < 1.29 is 18.0 Å². The van der Waals surface area contributed by atoms with Gasteiger partial charge < -0.3 is 10.6 Å². The molecule has 0 bridgehead atoms. The molecule has 0 unspecified atom stereocenters. The Labute approximate surface area is 170 Å². The molecular weight excluding hydrogens is 392 g/mol. The Hall–Kier alpha value is -3.22. The van der Waals surface area contributed by atoms with Gasteiger partial charge in [-0.05, 0) is 36.4 Å². The number of hydrogen-bond donors (Lipinski definition) is 2. The monoisotopic (exact) mass is 414 g/mol. The van der Waals surface area contributed by atoms with Gasteiger partial charge in [0, 0.05) is 24.3 Å². The van der Waals surface area contributed by atoms with Gasteiger partial charge >= 0.3 is 0 Å². The summed E-state index contributed by atoms with van der Waals surface area (Å²) in [6, 6.07) is 14.1. The molecule has 0 saturated heterocycles. The van der Waals surface area contributed by atoms with Crippen molar-refractivity contribution in [1.82, 2.24) is 4.31 Å². The van der Waals surface area contributed by atoms with Crippen LogP contribution in [0.1, 0.15) is 19.4 Å². The topological polar surface area (TPSA) is 119 Å². The van der Waals surface area contributed by atoms with E-state index >= 15 is 0 Å². The maximum atomic E-state index is 12.7. The number of carbonyl (C=O) groups excluding carboxylic acids is 2. The summed E-state index contributed by atoms with van der Waals surface area (Å²) in [5, 5.41) is 14.5. The lowest BCUT2D eigenvalue weighted by Crippen LogP contribution is -2.35. The van der Waals surface area contributed by atoms with E-state index in [0.717, 1.165) is 4.31 Å². The maximum Gasteiger partial charge on any atom is 0.244 e. The van der Waals surface area contributed by atoms with Gasteiger partial charge in [-0.1, -0.05) is 26.0 Å². The molecule has 0 aliphatic rings. The quantitative estimate of drug-likeness (QED) is 0.721. The fourth-order valence-electron chi connectivity index (χ4n) is 2.36. The highest BCUT2D eigenvalue weighted by atomic mass is 32.2. The molecule has 2 rings (SSSR count). The molecular formula is C20H22N4O4S. The molecule has 29 heavy (non-hydrogen) atoms. The number of carbonyl (C=O) groups is 2. The summed E-state index contributed by atoms with van der Waals surface area (Å²) in [6.45, 7) is 3.14. The average Bonchev–Trinajstić information content (AvgIpc) is 2.69. The highest BCUT2D eigenvalue weighted by Gasteiger charge is 2.25. The molecule has 0 saturated carbocycles. The van der Waals surface area contributed by atoms with Crippen molar-refractivity contribution in [2.45, 2.75) is 18.7 Å². The van der Waals surface area contributed by atoms with Crippen molar-refractivity contribution in [3.8, 4) is 6.07 Å². The van der Waals surface area contributed by atoms with Gasteiger partial charge in [-0.2, -0.15) is 9.57 Å². The first kappa shape index (κ1) is 22.1. The van der Waals surface area contributed by atoms with Crippen LogP contribution < -0.4 is 10.6 Å². The number of likely N-dealkylation sites (N-methyl/N-ethyl adjacent to an activating group) is 1. The zero-order valence-electron chi connectivity index (χ0n) is 16.3. The predicted molar refractivity (Wildman–Crippen MR) is 110 cm³/mol. The lowest BCUT2D eigenvalue weighted by molar-refractivity contribution is -0.119. The Morgan fingerprint density at radius 3 is 2.14 bits per heavy atom. The Morgan fingerprint density at radius 1 is 1.03 bits per heavy atom. The first-order valence-corrected chi connectivity index (χ1v) is 10.3. The van der Waals surface area contributed by atoms with Crippen LogP contribution in [0.4, 0.5) is 11.4 Å². The van der Waals surface area contributed by atoms with E-state index in [-0.39, 0.29) is 22.3 Å². The van der Waals surface area contributed by atoms with Crippen LogP contribution >= 0.6 is 0 Å². The molecule has 9 heteroatoms. The number of rotatable bonds is 7. The minimum atomic E-state index is -3.99. The van der Waals surface area contributed by atoms with Crippen LogP contribution in [0.25, 0.3) is 0 Å². The van der Waals surface area contributed by atoms with Crippen LogP contribution in [0, 0.1) is 17.2 Å². The molecule has 0 radical (unpaired) electrons. The van der Waals surface area contributed by atoms with Crippen LogP contribution in [0.5, 0.6) is 0 Å². The van der Waals surface area contributed by atoms with Crippen molar-refractivity contribution in [3.63, 3.8) is 0 Å². The molecule has 0 atom stereocenters. The van der Waals surface area contributed by atoms with Gasteiger partial charge in [-0.25, -0.2) is 8.42 Å². The van der Waals surface area contributed by atoms with Crippen LogP contribution in [0.3, 0.4) is 0 Å². The minimum Gasteiger partial charge on any atom is -0.326 e. The number of benzene rings is 2. The number of amides is 2. The lowest BCUT2D eigenvalue weighted by atomic mass is 10.2. The number of nitrogens with zero attached hydrogens (tertiary/aromatic N) is 2. The van der Waals surface area contributed by atoms with Crippen LogP contribution in [0.2, 0.25) is 0 Å². The van der Waals surface area contributed by atoms with Gasteiger partial charge in [0.2, 0.25) is 21.8 Å². The fraction of sp³-hybridized carbons (Fsp3) is 0.250. The first-order valence-electron chi connectivity index (χ1n) is 8.81. The van der Waals surface area contributed by atoms with Crippen molar-refractivity contribution >= 4 is 33.2 Å². The van der Waals surface area contributed by atoms with E-state index < -0.39 is 22.5 Å².